The molecule has 0 saturated carbocycles. The number of hydrogen-bond acceptors (Lipinski definition) is 13. The van der Waals surface area contributed by atoms with Crippen molar-refractivity contribution in [2.75, 3.05) is 13.2 Å². The van der Waals surface area contributed by atoms with Crippen molar-refractivity contribution in [3.05, 3.63) is 57.7 Å². The summed E-state index contributed by atoms with van der Waals surface area (Å²) < 4.78 is 17.0. The van der Waals surface area contributed by atoms with Gasteiger partial charge in [0.15, 0.2) is 11.0 Å². The Labute approximate surface area is 220 Å². The highest BCUT2D eigenvalue weighted by Crippen LogP contribution is 2.50. The lowest BCUT2D eigenvalue weighted by Crippen LogP contribution is -2.55. The molecule has 0 radical (unpaired) electrons. The van der Waals surface area contributed by atoms with Gasteiger partial charge >= 0.3 is 0 Å². The summed E-state index contributed by atoms with van der Waals surface area (Å²) in [4.78, 5) is 13.4. The van der Waals surface area contributed by atoms with Crippen molar-refractivity contribution in [3.63, 3.8) is 0 Å². The number of aliphatic hydroxyl groups excluding tert-OH is 7. The highest BCUT2D eigenvalue weighted by Gasteiger charge is 2.48. The lowest BCUT2D eigenvalue weighted by atomic mass is 9.85. The highest BCUT2D eigenvalue weighted by molar-refractivity contribution is 5.91. The van der Waals surface area contributed by atoms with E-state index in [0.717, 1.165) is 6.07 Å². The molecular weight excluding hydrogens is 520 g/mol. The number of phenols is 2. The molecule has 3 aromatic rings. The zero-order valence-corrected chi connectivity index (χ0v) is 20.2. The third-order valence-electron chi connectivity index (χ3n) is 7.21. The van der Waals surface area contributed by atoms with Gasteiger partial charge in [0.25, 0.3) is 0 Å². The number of aromatic hydroxyl groups is 2. The van der Waals surface area contributed by atoms with Crippen molar-refractivity contribution < 1.29 is 59.8 Å². The first-order chi connectivity index (χ1) is 18.6. The third kappa shape index (κ3) is 4.47. The summed E-state index contributed by atoms with van der Waals surface area (Å²) in [5, 5.41) is 94.0. The number of phenolic OH excluding ortho intramolecular Hbond substituents is 2. The van der Waals surface area contributed by atoms with Crippen molar-refractivity contribution in [1.82, 2.24) is 0 Å². The number of benzene rings is 2. The zero-order chi connectivity index (χ0) is 28.2. The van der Waals surface area contributed by atoms with Gasteiger partial charge in [-0.2, -0.15) is 0 Å². The van der Waals surface area contributed by atoms with Gasteiger partial charge in [-0.05, 0) is 0 Å². The van der Waals surface area contributed by atoms with Crippen molar-refractivity contribution in [1.29, 1.82) is 0 Å². The van der Waals surface area contributed by atoms with Crippen LogP contribution in [0, 0.1) is 0 Å². The molecule has 210 valence electrons. The Morgan fingerprint density at radius 1 is 0.795 bits per heavy atom. The quantitative estimate of drug-likeness (QED) is 0.182. The van der Waals surface area contributed by atoms with E-state index in [9.17, 15) is 50.8 Å². The molecule has 0 amide bonds. The molecule has 0 spiro atoms. The van der Waals surface area contributed by atoms with E-state index in [-0.39, 0.29) is 5.76 Å². The van der Waals surface area contributed by atoms with E-state index in [1.807, 2.05) is 0 Å². The van der Waals surface area contributed by atoms with Crippen molar-refractivity contribution >= 4 is 11.0 Å². The summed E-state index contributed by atoms with van der Waals surface area (Å²) in [5.74, 6) is -1.75. The second kappa shape index (κ2) is 10.5. The average Bonchev–Trinajstić information content (AvgIpc) is 2.93. The standard InChI is InChI=1S/C26H28O13/c27-7-13-18(31)21(34)23(36)26(39-13)15-19(32)14-10(28)6-12(9-4-2-1-3-5-9)38-24(14)16(20(15)33)25-22(35)17(30)11(29)8-37-25/h1-6,11,13,17-18,21-23,25-27,29-36H,7-8H2/t11-,13+,17-,18-,21-,22-,23-,25+,26-/m1/s1. The molecule has 0 unspecified atom stereocenters. The lowest BCUT2D eigenvalue weighted by molar-refractivity contribution is -0.232. The minimum Gasteiger partial charge on any atom is -0.507 e. The molecule has 0 bridgehead atoms. The summed E-state index contributed by atoms with van der Waals surface area (Å²) in [7, 11) is 0. The zero-order valence-electron chi connectivity index (χ0n) is 20.2. The van der Waals surface area contributed by atoms with Gasteiger partial charge in [-0.3, -0.25) is 4.79 Å². The average molecular weight is 548 g/mol. The number of aliphatic hydroxyl groups is 7. The second-order valence-corrected chi connectivity index (χ2v) is 9.62. The van der Waals surface area contributed by atoms with Crippen LogP contribution in [0.25, 0.3) is 22.3 Å². The van der Waals surface area contributed by atoms with Gasteiger partial charge in [0.2, 0.25) is 0 Å². The lowest BCUT2D eigenvalue weighted by Gasteiger charge is -2.41. The number of fused-ring (bicyclic) bond motifs is 1. The van der Waals surface area contributed by atoms with Crippen LogP contribution in [0.15, 0.2) is 45.6 Å². The number of ether oxygens (including phenoxy) is 2. The van der Waals surface area contributed by atoms with E-state index < -0.39 is 107 Å². The fourth-order valence-corrected chi connectivity index (χ4v) is 5.09. The Balaban J connectivity index is 1.80. The Morgan fingerprint density at radius 3 is 2.13 bits per heavy atom. The van der Waals surface area contributed by atoms with Gasteiger partial charge in [0.1, 0.15) is 77.6 Å². The SMILES string of the molecule is O=c1cc(-c2ccccc2)oc2c([C@@H]3OC[C@@H](O)[C@@H](O)[C@H]3O)c(O)c([C@H]3O[C@@H](CO)[C@@H](O)[C@@H](O)[C@H]3O)c(O)c12. The van der Waals surface area contributed by atoms with Gasteiger partial charge in [0.05, 0.1) is 24.3 Å². The van der Waals surface area contributed by atoms with Crippen LogP contribution >= 0.6 is 0 Å². The minimum absolute atomic E-state index is 0.0274. The molecule has 3 heterocycles. The molecule has 39 heavy (non-hydrogen) atoms. The molecule has 2 fully saturated rings. The van der Waals surface area contributed by atoms with E-state index in [1.54, 1.807) is 30.3 Å². The minimum atomic E-state index is -1.95. The maximum absolute atomic E-state index is 13.4. The Hall–Kier alpha value is -3.11. The van der Waals surface area contributed by atoms with Crippen LogP contribution in [-0.4, -0.2) is 102 Å². The van der Waals surface area contributed by atoms with Crippen molar-refractivity contribution in [2.45, 2.75) is 54.9 Å². The molecule has 2 aliphatic rings. The number of hydrogen-bond donors (Lipinski definition) is 9. The van der Waals surface area contributed by atoms with E-state index in [0.29, 0.717) is 5.56 Å². The van der Waals surface area contributed by atoms with Crippen LogP contribution in [0.1, 0.15) is 23.3 Å². The molecule has 1 aromatic heterocycles. The maximum atomic E-state index is 13.4. The molecule has 9 atom stereocenters. The van der Waals surface area contributed by atoms with E-state index >= 15 is 0 Å². The van der Waals surface area contributed by atoms with Crippen LogP contribution < -0.4 is 5.43 Å². The van der Waals surface area contributed by atoms with Crippen LogP contribution in [0.2, 0.25) is 0 Å². The first-order valence-corrected chi connectivity index (χ1v) is 12.1. The van der Waals surface area contributed by atoms with E-state index in [1.165, 1.54) is 0 Å². The van der Waals surface area contributed by atoms with Crippen molar-refractivity contribution in [3.8, 4) is 22.8 Å². The molecule has 0 aliphatic carbocycles. The summed E-state index contributed by atoms with van der Waals surface area (Å²) in [6.07, 6.45) is -15.4. The highest BCUT2D eigenvalue weighted by atomic mass is 16.5. The van der Waals surface area contributed by atoms with Crippen LogP contribution in [0.4, 0.5) is 0 Å². The van der Waals surface area contributed by atoms with Crippen LogP contribution in [0.3, 0.4) is 0 Å². The molecule has 9 N–H and O–H groups in total. The summed E-state index contributed by atoms with van der Waals surface area (Å²) in [5.41, 5.74) is -1.79. The normalized spacial score (nSPS) is 33.4. The maximum Gasteiger partial charge on any atom is 0.197 e. The summed E-state index contributed by atoms with van der Waals surface area (Å²) in [6.45, 7) is -1.29. The first kappa shape index (κ1) is 27.5. The topological polar surface area (TPSA) is 231 Å². The fourth-order valence-electron chi connectivity index (χ4n) is 5.09. The fraction of sp³-hybridized carbons (Fsp3) is 0.423. The molecule has 13 nitrogen and oxygen atoms in total. The molecule has 5 rings (SSSR count). The molecule has 2 aromatic carbocycles. The summed E-state index contributed by atoms with van der Waals surface area (Å²) in [6, 6.07) is 9.45. The van der Waals surface area contributed by atoms with Gasteiger partial charge in [-0.25, -0.2) is 0 Å². The largest absolute Gasteiger partial charge is 0.507 e. The third-order valence-corrected chi connectivity index (χ3v) is 7.21. The molecule has 2 saturated heterocycles. The molecule has 13 heteroatoms. The van der Waals surface area contributed by atoms with Gasteiger partial charge in [0, 0.05) is 11.6 Å². The Bertz CT molecular complexity index is 1400. The van der Waals surface area contributed by atoms with Gasteiger partial charge in [-0.15, -0.1) is 0 Å². The van der Waals surface area contributed by atoms with E-state index in [2.05, 4.69) is 0 Å². The van der Waals surface area contributed by atoms with E-state index in [4.69, 9.17) is 13.9 Å². The first-order valence-electron chi connectivity index (χ1n) is 12.1. The predicted octanol–water partition coefficient (Wildman–Crippen LogP) is -1.46. The second-order valence-electron chi connectivity index (χ2n) is 9.62. The summed E-state index contributed by atoms with van der Waals surface area (Å²) >= 11 is 0. The Kier molecular flexibility index (Phi) is 7.37. The molecular formula is C26H28O13. The monoisotopic (exact) mass is 548 g/mol. The predicted molar refractivity (Wildman–Crippen MR) is 131 cm³/mol. The smallest absolute Gasteiger partial charge is 0.197 e. The van der Waals surface area contributed by atoms with Crippen LogP contribution in [0.5, 0.6) is 11.5 Å². The Morgan fingerprint density at radius 2 is 1.46 bits per heavy atom. The van der Waals surface area contributed by atoms with Crippen LogP contribution in [-0.2, 0) is 9.47 Å². The van der Waals surface area contributed by atoms with Gasteiger partial charge < -0.3 is 59.8 Å². The molecule has 2 aliphatic heterocycles. The van der Waals surface area contributed by atoms with Crippen molar-refractivity contribution in [2.24, 2.45) is 0 Å². The number of rotatable bonds is 4. The van der Waals surface area contributed by atoms with Gasteiger partial charge in [-0.1, -0.05) is 30.3 Å².